The maximum Gasteiger partial charge on any atom is 0.139 e. The second-order valence-electron chi connectivity index (χ2n) is 4.90. The summed E-state index contributed by atoms with van der Waals surface area (Å²) in [5.41, 5.74) is 0.859. The van der Waals surface area contributed by atoms with Crippen molar-refractivity contribution in [2.75, 3.05) is 0 Å². The summed E-state index contributed by atoms with van der Waals surface area (Å²) in [5.74, 6) is 1.56. The van der Waals surface area contributed by atoms with E-state index in [1.807, 2.05) is 18.2 Å². The minimum atomic E-state index is 0.0248. The Morgan fingerprint density at radius 2 is 2.24 bits per heavy atom. The van der Waals surface area contributed by atoms with Crippen LogP contribution in [-0.2, 0) is 6.61 Å². The average Bonchev–Trinajstić information content (AvgIpc) is 2.32. The summed E-state index contributed by atoms with van der Waals surface area (Å²) < 4.78 is 7.00. The van der Waals surface area contributed by atoms with E-state index >= 15 is 0 Å². The van der Waals surface area contributed by atoms with Crippen LogP contribution in [0.25, 0.3) is 0 Å². The number of ether oxygens (including phenoxy) is 1. The molecule has 1 fully saturated rings. The van der Waals surface area contributed by atoms with Gasteiger partial charge in [0.15, 0.2) is 0 Å². The number of para-hydroxylation sites is 1. The van der Waals surface area contributed by atoms with E-state index in [1.165, 1.54) is 12.8 Å². The number of hydrogen-bond acceptors (Lipinski definition) is 2. The quantitative estimate of drug-likeness (QED) is 0.917. The van der Waals surface area contributed by atoms with Crippen LogP contribution in [0.5, 0.6) is 5.75 Å². The van der Waals surface area contributed by atoms with Crippen molar-refractivity contribution in [3.05, 3.63) is 28.2 Å². The number of halogens is 1. The summed E-state index contributed by atoms with van der Waals surface area (Å²) in [7, 11) is 0. The average molecular weight is 299 g/mol. The molecule has 0 amide bonds. The fourth-order valence-electron chi connectivity index (χ4n) is 2.46. The van der Waals surface area contributed by atoms with Gasteiger partial charge in [0.05, 0.1) is 17.2 Å². The van der Waals surface area contributed by atoms with E-state index in [1.54, 1.807) is 0 Å². The number of rotatable bonds is 3. The van der Waals surface area contributed by atoms with Crippen molar-refractivity contribution in [2.45, 2.75) is 45.3 Å². The van der Waals surface area contributed by atoms with Crippen LogP contribution < -0.4 is 4.74 Å². The van der Waals surface area contributed by atoms with Crippen LogP contribution >= 0.6 is 15.9 Å². The van der Waals surface area contributed by atoms with Crippen LogP contribution in [0.3, 0.4) is 0 Å². The highest BCUT2D eigenvalue weighted by molar-refractivity contribution is 9.10. The van der Waals surface area contributed by atoms with Crippen molar-refractivity contribution in [3.63, 3.8) is 0 Å². The lowest BCUT2D eigenvalue weighted by molar-refractivity contribution is 0.124. The second-order valence-corrected chi connectivity index (χ2v) is 5.75. The molecular formula is C14H19BrO2. The van der Waals surface area contributed by atoms with Gasteiger partial charge >= 0.3 is 0 Å². The molecule has 17 heavy (non-hydrogen) atoms. The molecule has 0 heterocycles. The zero-order chi connectivity index (χ0) is 12.3. The summed E-state index contributed by atoms with van der Waals surface area (Å²) in [6.07, 6.45) is 5.08. The first-order valence-electron chi connectivity index (χ1n) is 6.25. The Labute approximate surface area is 111 Å². The first-order chi connectivity index (χ1) is 8.20. The lowest BCUT2D eigenvalue weighted by atomic mass is 9.88. The molecule has 2 rings (SSSR count). The maximum absolute atomic E-state index is 9.32. The third-order valence-corrected chi connectivity index (χ3v) is 4.02. The number of hydrogen-bond donors (Lipinski definition) is 1. The fourth-order valence-corrected chi connectivity index (χ4v) is 2.96. The van der Waals surface area contributed by atoms with Crippen LogP contribution in [0.2, 0.25) is 0 Å². The van der Waals surface area contributed by atoms with Gasteiger partial charge in [0, 0.05) is 5.56 Å². The van der Waals surface area contributed by atoms with Crippen LogP contribution in [0.15, 0.2) is 22.7 Å². The Kier molecular flexibility index (Phi) is 4.46. The lowest BCUT2D eigenvalue weighted by Crippen LogP contribution is -2.24. The van der Waals surface area contributed by atoms with Crippen molar-refractivity contribution in [1.82, 2.24) is 0 Å². The van der Waals surface area contributed by atoms with Crippen LogP contribution in [0, 0.1) is 5.92 Å². The Bertz CT molecular complexity index is 378. The Hall–Kier alpha value is -0.540. The molecule has 2 unspecified atom stereocenters. The SMILES string of the molecule is CC1CCCC(Oc2c(Br)cccc2CO)C1. The molecule has 2 atom stereocenters. The van der Waals surface area contributed by atoms with E-state index in [4.69, 9.17) is 4.74 Å². The van der Waals surface area contributed by atoms with Gasteiger partial charge in [-0.1, -0.05) is 25.5 Å². The summed E-state index contributed by atoms with van der Waals surface area (Å²) in [6, 6.07) is 5.79. The van der Waals surface area contributed by atoms with E-state index < -0.39 is 0 Å². The summed E-state index contributed by atoms with van der Waals surface area (Å²) in [6.45, 7) is 2.31. The molecule has 0 aliphatic heterocycles. The molecule has 1 aromatic rings. The topological polar surface area (TPSA) is 29.5 Å². The van der Waals surface area contributed by atoms with E-state index in [9.17, 15) is 5.11 Å². The van der Waals surface area contributed by atoms with Gasteiger partial charge < -0.3 is 9.84 Å². The number of aliphatic hydroxyl groups excluding tert-OH is 1. The van der Waals surface area contributed by atoms with Crippen LogP contribution in [-0.4, -0.2) is 11.2 Å². The van der Waals surface area contributed by atoms with Crippen molar-refractivity contribution < 1.29 is 9.84 Å². The van der Waals surface area contributed by atoms with Crippen molar-refractivity contribution >= 4 is 15.9 Å². The lowest BCUT2D eigenvalue weighted by Gasteiger charge is -2.28. The predicted octanol–water partition coefficient (Wildman–Crippen LogP) is 3.90. The van der Waals surface area contributed by atoms with Gasteiger partial charge in [-0.05, 0) is 47.2 Å². The van der Waals surface area contributed by atoms with E-state index in [0.29, 0.717) is 6.10 Å². The monoisotopic (exact) mass is 298 g/mol. The molecule has 1 N–H and O–H groups in total. The Morgan fingerprint density at radius 3 is 2.94 bits per heavy atom. The maximum atomic E-state index is 9.32. The van der Waals surface area contributed by atoms with Gasteiger partial charge in [0.2, 0.25) is 0 Å². The highest BCUT2D eigenvalue weighted by Crippen LogP contribution is 2.33. The molecule has 0 bridgehead atoms. The molecule has 1 saturated carbocycles. The third-order valence-electron chi connectivity index (χ3n) is 3.39. The summed E-state index contributed by atoms with van der Waals surface area (Å²) in [4.78, 5) is 0. The first kappa shape index (κ1) is 12.9. The molecule has 1 aromatic carbocycles. The molecule has 94 valence electrons. The van der Waals surface area contributed by atoms with Gasteiger partial charge in [-0.3, -0.25) is 0 Å². The zero-order valence-electron chi connectivity index (χ0n) is 10.2. The van der Waals surface area contributed by atoms with Crippen LogP contribution in [0.1, 0.15) is 38.2 Å². The second kappa shape index (κ2) is 5.87. The normalized spacial score (nSPS) is 24.6. The molecule has 0 saturated heterocycles. The standard InChI is InChI=1S/C14H19BrO2/c1-10-4-2-6-12(8-10)17-14-11(9-16)5-3-7-13(14)15/h3,5,7,10,12,16H,2,4,6,8-9H2,1H3. The molecule has 1 aliphatic carbocycles. The van der Waals surface area contributed by atoms with Crippen molar-refractivity contribution in [3.8, 4) is 5.75 Å². The molecule has 0 aromatic heterocycles. The van der Waals surface area contributed by atoms with Crippen molar-refractivity contribution in [1.29, 1.82) is 0 Å². The van der Waals surface area contributed by atoms with Gasteiger partial charge in [-0.2, -0.15) is 0 Å². The summed E-state index contributed by atoms with van der Waals surface area (Å²) in [5, 5.41) is 9.32. The van der Waals surface area contributed by atoms with Gasteiger partial charge in [0.25, 0.3) is 0 Å². The predicted molar refractivity (Wildman–Crippen MR) is 72.1 cm³/mol. The number of aliphatic hydroxyl groups is 1. The zero-order valence-corrected chi connectivity index (χ0v) is 11.7. The first-order valence-corrected chi connectivity index (χ1v) is 7.05. The minimum absolute atomic E-state index is 0.0248. The molecule has 1 aliphatic rings. The van der Waals surface area contributed by atoms with E-state index in [0.717, 1.165) is 34.5 Å². The highest BCUT2D eigenvalue weighted by atomic mass is 79.9. The van der Waals surface area contributed by atoms with E-state index in [-0.39, 0.29) is 6.61 Å². The third kappa shape index (κ3) is 3.23. The highest BCUT2D eigenvalue weighted by Gasteiger charge is 2.21. The summed E-state index contributed by atoms with van der Waals surface area (Å²) >= 11 is 3.49. The Balaban J connectivity index is 2.12. The minimum Gasteiger partial charge on any atom is -0.489 e. The largest absolute Gasteiger partial charge is 0.489 e. The number of benzene rings is 1. The van der Waals surface area contributed by atoms with Gasteiger partial charge in [-0.25, -0.2) is 0 Å². The molecule has 3 heteroatoms. The Morgan fingerprint density at radius 1 is 1.41 bits per heavy atom. The van der Waals surface area contributed by atoms with Gasteiger partial charge in [-0.15, -0.1) is 0 Å². The smallest absolute Gasteiger partial charge is 0.139 e. The van der Waals surface area contributed by atoms with Crippen molar-refractivity contribution in [2.24, 2.45) is 5.92 Å². The fraction of sp³-hybridized carbons (Fsp3) is 0.571. The molecule has 2 nitrogen and oxygen atoms in total. The molecule has 0 spiro atoms. The molecular weight excluding hydrogens is 280 g/mol. The van der Waals surface area contributed by atoms with Crippen LogP contribution in [0.4, 0.5) is 0 Å². The van der Waals surface area contributed by atoms with Gasteiger partial charge in [0.1, 0.15) is 5.75 Å². The van der Waals surface area contributed by atoms with E-state index in [2.05, 4.69) is 22.9 Å². The molecule has 0 radical (unpaired) electrons.